The van der Waals surface area contributed by atoms with Crippen LogP contribution in [0.3, 0.4) is 0 Å². The van der Waals surface area contributed by atoms with Crippen molar-refractivity contribution < 1.29 is 19.5 Å². The predicted octanol–water partition coefficient (Wildman–Crippen LogP) is 2.20. The van der Waals surface area contributed by atoms with Gasteiger partial charge in [0, 0.05) is 23.3 Å². The summed E-state index contributed by atoms with van der Waals surface area (Å²) in [6, 6.07) is 7.16. The summed E-state index contributed by atoms with van der Waals surface area (Å²) in [6.07, 6.45) is 0.446. The smallest absolute Gasteiger partial charge is 0.330 e. The number of thioether (sulfide) groups is 2. The summed E-state index contributed by atoms with van der Waals surface area (Å²) in [6.45, 7) is 3.19. The molecule has 1 aliphatic rings. The third kappa shape index (κ3) is 4.67. The highest BCUT2D eigenvalue weighted by Gasteiger charge is 2.43. The molecule has 24 heavy (non-hydrogen) atoms. The quantitative estimate of drug-likeness (QED) is 0.666. The largest absolute Gasteiger partial charge is 0.479 e. The fourth-order valence-corrected chi connectivity index (χ4v) is 4.49. The maximum absolute atomic E-state index is 12.4. The lowest BCUT2D eigenvalue weighted by Gasteiger charge is -2.26. The number of carbonyl (C=O) groups excluding carboxylic acids is 2. The highest BCUT2D eigenvalue weighted by Crippen LogP contribution is 2.30. The molecule has 130 valence electrons. The van der Waals surface area contributed by atoms with E-state index in [2.05, 4.69) is 10.6 Å². The summed E-state index contributed by atoms with van der Waals surface area (Å²) in [5.41, 5.74) is -0.456. The first-order chi connectivity index (χ1) is 11.3. The number of carbonyl (C=O) groups is 3. The predicted molar refractivity (Wildman–Crippen MR) is 96.5 cm³/mol. The second kappa shape index (κ2) is 7.94. The standard InChI is InChI=1S/C16H20N2O4S2/c1-10(14(20)18-16(15(21)22)7-8-23-9-16)24-13-5-3-12(4-6-13)17-11(2)19/h3-6,10H,7-9H2,1-2H3,(H,17,19)(H,18,20)(H,21,22). The number of hydrogen-bond acceptors (Lipinski definition) is 5. The van der Waals surface area contributed by atoms with E-state index in [4.69, 9.17) is 0 Å². The summed E-state index contributed by atoms with van der Waals surface area (Å²) in [7, 11) is 0. The van der Waals surface area contributed by atoms with E-state index >= 15 is 0 Å². The van der Waals surface area contributed by atoms with Crippen LogP contribution in [0.15, 0.2) is 29.2 Å². The molecule has 1 aliphatic heterocycles. The molecule has 0 aromatic heterocycles. The van der Waals surface area contributed by atoms with E-state index in [1.54, 1.807) is 19.1 Å². The van der Waals surface area contributed by atoms with Gasteiger partial charge in [0.05, 0.1) is 5.25 Å². The van der Waals surface area contributed by atoms with Crippen molar-refractivity contribution in [3.8, 4) is 0 Å². The highest BCUT2D eigenvalue weighted by molar-refractivity contribution is 8.00. The molecule has 0 spiro atoms. The number of nitrogens with one attached hydrogen (secondary N) is 2. The molecular weight excluding hydrogens is 348 g/mol. The van der Waals surface area contributed by atoms with Crippen LogP contribution in [-0.2, 0) is 14.4 Å². The van der Waals surface area contributed by atoms with Crippen LogP contribution in [0.4, 0.5) is 5.69 Å². The molecule has 3 N–H and O–H groups in total. The number of amides is 2. The normalized spacial score (nSPS) is 21.1. The van der Waals surface area contributed by atoms with Crippen molar-refractivity contribution in [3.05, 3.63) is 24.3 Å². The average molecular weight is 368 g/mol. The zero-order valence-corrected chi connectivity index (χ0v) is 15.1. The van der Waals surface area contributed by atoms with Gasteiger partial charge in [-0.15, -0.1) is 11.8 Å². The van der Waals surface area contributed by atoms with E-state index in [1.165, 1.54) is 30.4 Å². The van der Waals surface area contributed by atoms with E-state index in [9.17, 15) is 19.5 Å². The number of rotatable bonds is 6. The molecule has 0 bridgehead atoms. The molecule has 1 fully saturated rings. The molecule has 1 heterocycles. The number of anilines is 1. The average Bonchev–Trinajstić information content (AvgIpc) is 2.98. The number of hydrogen-bond donors (Lipinski definition) is 3. The van der Waals surface area contributed by atoms with Crippen LogP contribution < -0.4 is 10.6 Å². The Morgan fingerprint density at radius 2 is 1.96 bits per heavy atom. The van der Waals surface area contributed by atoms with Gasteiger partial charge < -0.3 is 15.7 Å². The Labute approximate surface area is 149 Å². The topological polar surface area (TPSA) is 95.5 Å². The van der Waals surface area contributed by atoms with Crippen molar-refractivity contribution in [1.29, 1.82) is 0 Å². The van der Waals surface area contributed by atoms with Crippen LogP contribution in [-0.4, -0.2) is 45.2 Å². The maximum atomic E-state index is 12.4. The summed E-state index contributed by atoms with van der Waals surface area (Å²) >= 11 is 2.89. The Kier molecular flexibility index (Phi) is 6.17. The Morgan fingerprint density at radius 1 is 1.29 bits per heavy atom. The van der Waals surface area contributed by atoms with Crippen LogP contribution in [0, 0.1) is 0 Å². The molecule has 2 atom stereocenters. The molecule has 1 aromatic rings. The van der Waals surface area contributed by atoms with Gasteiger partial charge >= 0.3 is 5.97 Å². The third-order valence-electron chi connectivity index (χ3n) is 3.65. The molecular formula is C16H20N2O4S2. The fraction of sp³-hybridized carbons (Fsp3) is 0.438. The van der Waals surface area contributed by atoms with Crippen LogP contribution in [0.1, 0.15) is 20.3 Å². The summed E-state index contributed by atoms with van der Waals surface area (Å²) in [4.78, 5) is 35.7. The Morgan fingerprint density at radius 3 is 2.46 bits per heavy atom. The lowest BCUT2D eigenvalue weighted by atomic mass is 9.99. The van der Waals surface area contributed by atoms with Crippen molar-refractivity contribution >= 4 is 47.0 Å². The highest BCUT2D eigenvalue weighted by atomic mass is 32.2. The van der Waals surface area contributed by atoms with Gasteiger partial charge in [-0.2, -0.15) is 11.8 Å². The molecule has 0 saturated carbocycles. The van der Waals surface area contributed by atoms with E-state index < -0.39 is 16.8 Å². The molecule has 2 unspecified atom stereocenters. The number of carboxylic acids is 1. The van der Waals surface area contributed by atoms with Crippen molar-refractivity contribution in [2.45, 2.75) is 36.0 Å². The molecule has 8 heteroatoms. The van der Waals surface area contributed by atoms with Crippen LogP contribution in [0.2, 0.25) is 0 Å². The van der Waals surface area contributed by atoms with Gasteiger partial charge in [0.15, 0.2) is 0 Å². The zero-order valence-electron chi connectivity index (χ0n) is 13.5. The molecule has 0 aliphatic carbocycles. The van der Waals surface area contributed by atoms with E-state index in [-0.39, 0.29) is 11.8 Å². The summed E-state index contributed by atoms with van der Waals surface area (Å²) < 4.78 is 0. The first-order valence-corrected chi connectivity index (χ1v) is 9.53. The van der Waals surface area contributed by atoms with Gasteiger partial charge in [-0.05, 0) is 43.4 Å². The zero-order chi connectivity index (χ0) is 17.7. The molecule has 6 nitrogen and oxygen atoms in total. The van der Waals surface area contributed by atoms with Crippen molar-refractivity contribution in [1.82, 2.24) is 5.32 Å². The lowest BCUT2D eigenvalue weighted by Crippen LogP contribution is -2.56. The Hall–Kier alpha value is -1.67. The number of aliphatic carboxylic acids is 1. The van der Waals surface area contributed by atoms with Crippen molar-refractivity contribution in [2.24, 2.45) is 0 Å². The van der Waals surface area contributed by atoms with Crippen LogP contribution in [0.25, 0.3) is 0 Å². The monoisotopic (exact) mass is 368 g/mol. The maximum Gasteiger partial charge on any atom is 0.330 e. The number of benzene rings is 1. The van der Waals surface area contributed by atoms with E-state index in [1.807, 2.05) is 12.1 Å². The summed E-state index contributed by atoms with van der Waals surface area (Å²) in [5.74, 6) is -0.264. The molecule has 0 radical (unpaired) electrons. The Bertz CT molecular complexity index is 627. The minimum atomic E-state index is -1.15. The van der Waals surface area contributed by atoms with Crippen LogP contribution in [0.5, 0.6) is 0 Å². The van der Waals surface area contributed by atoms with Gasteiger partial charge in [0.25, 0.3) is 0 Å². The van der Waals surface area contributed by atoms with Gasteiger partial charge in [-0.25, -0.2) is 4.79 Å². The van der Waals surface area contributed by atoms with Gasteiger partial charge in [-0.1, -0.05) is 0 Å². The summed E-state index contributed by atoms with van der Waals surface area (Å²) in [5, 5.41) is 14.4. The molecule has 1 saturated heterocycles. The molecule has 2 amide bonds. The third-order valence-corrected chi connectivity index (χ3v) is 5.95. The van der Waals surface area contributed by atoms with Crippen molar-refractivity contribution in [3.63, 3.8) is 0 Å². The SMILES string of the molecule is CC(=O)Nc1ccc(SC(C)C(=O)NC2(C(=O)O)CCSC2)cc1. The molecule has 1 aromatic carbocycles. The first-order valence-electron chi connectivity index (χ1n) is 7.50. The minimum Gasteiger partial charge on any atom is -0.479 e. The fourth-order valence-electron chi connectivity index (χ4n) is 2.30. The van der Waals surface area contributed by atoms with Crippen molar-refractivity contribution in [2.75, 3.05) is 16.8 Å². The van der Waals surface area contributed by atoms with Gasteiger partial charge in [0.1, 0.15) is 5.54 Å². The van der Waals surface area contributed by atoms with E-state index in [0.717, 1.165) is 10.6 Å². The second-order valence-electron chi connectivity index (χ2n) is 5.64. The second-order valence-corrected chi connectivity index (χ2v) is 8.16. The Balaban J connectivity index is 1.96. The minimum absolute atomic E-state index is 0.142. The lowest BCUT2D eigenvalue weighted by molar-refractivity contribution is -0.146. The molecule has 2 rings (SSSR count). The van der Waals surface area contributed by atoms with E-state index in [0.29, 0.717) is 17.9 Å². The van der Waals surface area contributed by atoms with Gasteiger partial charge in [0.2, 0.25) is 11.8 Å². The number of carboxylic acid groups (broad SMARTS) is 1. The first kappa shape index (κ1) is 18.7. The van der Waals surface area contributed by atoms with Crippen LogP contribution >= 0.6 is 23.5 Å². The van der Waals surface area contributed by atoms with Gasteiger partial charge in [-0.3, -0.25) is 9.59 Å².